The molecule has 2 aliphatic heterocycles. The van der Waals surface area contributed by atoms with Crippen LogP contribution in [0.4, 0.5) is 0 Å². The van der Waals surface area contributed by atoms with Crippen LogP contribution >= 0.6 is 0 Å². The van der Waals surface area contributed by atoms with Crippen LogP contribution < -0.4 is 9.47 Å². The quantitative estimate of drug-likeness (QED) is 0.188. The standard InChI is InChI=1S/C47H29N3O2/c1-4-15-41-35(12-1)36-29-49-24-22-42(36)50(41)34-19-21-40-46(27-34)52-44-17-6-3-14-38(44)47(40)37-13-2-5-16-43(37)51-45-26-32(18-20-39(45)47)30-9-7-10-31(25-30)33-11-8-23-48-28-33/h1-29H. The fourth-order valence-corrected chi connectivity index (χ4v) is 8.48. The van der Waals surface area contributed by atoms with Gasteiger partial charge in [-0.3, -0.25) is 9.97 Å². The van der Waals surface area contributed by atoms with Crippen molar-refractivity contribution in [3.63, 3.8) is 0 Å². The van der Waals surface area contributed by atoms with Gasteiger partial charge >= 0.3 is 0 Å². The second-order valence-corrected chi connectivity index (χ2v) is 13.4. The Morgan fingerprint density at radius 3 is 1.81 bits per heavy atom. The molecule has 5 heterocycles. The number of rotatable bonds is 3. The van der Waals surface area contributed by atoms with E-state index in [0.29, 0.717) is 0 Å². The Morgan fingerprint density at radius 1 is 0.404 bits per heavy atom. The summed E-state index contributed by atoms with van der Waals surface area (Å²) in [5, 5.41) is 2.28. The molecule has 5 heteroatoms. The molecule has 9 aromatic rings. The first kappa shape index (κ1) is 28.8. The Kier molecular flexibility index (Phi) is 6.10. The monoisotopic (exact) mass is 667 g/mol. The van der Waals surface area contributed by atoms with Gasteiger partial charge in [-0.15, -0.1) is 0 Å². The lowest BCUT2D eigenvalue weighted by Crippen LogP contribution is -2.36. The van der Waals surface area contributed by atoms with Crippen molar-refractivity contribution in [1.82, 2.24) is 14.5 Å². The smallest absolute Gasteiger partial charge is 0.134 e. The molecule has 0 fully saturated rings. The van der Waals surface area contributed by atoms with Crippen LogP contribution in [0.15, 0.2) is 176 Å². The Bertz CT molecular complexity index is 2810. The van der Waals surface area contributed by atoms with E-state index in [2.05, 4.69) is 148 Å². The maximum Gasteiger partial charge on any atom is 0.134 e. The van der Waals surface area contributed by atoms with Crippen molar-refractivity contribution < 1.29 is 9.47 Å². The van der Waals surface area contributed by atoms with Crippen LogP contribution in [-0.4, -0.2) is 14.5 Å². The molecule has 0 aliphatic carbocycles. The first-order valence-electron chi connectivity index (χ1n) is 17.5. The number of ether oxygens (including phenoxy) is 2. The molecule has 0 N–H and O–H groups in total. The molecule has 52 heavy (non-hydrogen) atoms. The molecule has 3 aromatic heterocycles. The Morgan fingerprint density at radius 2 is 1.02 bits per heavy atom. The zero-order chi connectivity index (χ0) is 34.2. The van der Waals surface area contributed by atoms with Crippen molar-refractivity contribution >= 4 is 21.8 Å². The van der Waals surface area contributed by atoms with Gasteiger partial charge in [0.2, 0.25) is 0 Å². The summed E-state index contributed by atoms with van der Waals surface area (Å²) in [6.45, 7) is 0. The minimum atomic E-state index is -0.687. The molecule has 0 radical (unpaired) electrons. The Balaban J connectivity index is 1.14. The van der Waals surface area contributed by atoms with Gasteiger partial charge < -0.3 is 14.0 Å². The first-order chi connectivity index (χ1) is 25.8. The number of hydrogen-bond donors (Lipinski definition) is 0. The maximum absolute atomic E-state index is 6.87. The van der Waals surface area contributed by atoms with E-state index in [1.165, 1.54) is 5.39 Å². The lowest BCUT2D eigenvalue weighted by atomic mass is 9.62. The van der Waals surface area contributed by atoms with Crippen molar-refractivity contribution in [2.24, 2.45) is 0 Å². The van der Waals surface area contributed by atoms with Crippen molar-refractivity contribution in [2.45, 2.75) is 5.41 Å². The van der Waals surface area contributed by atoms with Crippen LogP contribution in [0, 0.1) is 0 Å². The van der Waals surface area contributed by atoms with Gasteiger partial charge in [0.15, 0.2) is 0 Å². The van der Waals surface area contributed by atoms with Crippen LogP contribution in [0.1, 0.15) is 22.3 Å². The molecule has 6 aromatic carbocycles. The predicted molar refractivity (Wildman–Crippen MR) is 206 cm³/mol. The van der Waals surface area contributed by atoms with E-state index in [1.54, 1.807) is 6.20 Å². The van der Waals surface area contributed by atoms with Crippen molar-refractivity contribution in [1.29, 1.82) is 0 Å². The van der Waals surface area contributed by atoms with E-state index in [0.717, 1.165) is 89.6 Å². The molecule has 244 valence electrons. The van der Waals surface area contributed by atoms with Gasteiger partial charge in [0.1, 0.15) is 23.0 Å². The molecule has 0 saturated carbocycles. The average Bonchev–Trinajstić information content (AvgIpc) is 3.55. The lowest BCUT2D eigenvalue weighted by molar-refractivity contribution is 0.399. The third-order valence-electron chi connectivity index (χ3n) is 10.7. The normalized spacial score (nSPS) is 15.3. The van der Waals surface area contributed by atoms with Crippen molar-refractivity contribution in [3.05, 3.63) is 199 Å². The second kappa shape index (κ2) is 11.0. The fourth-order valence-electron chi connectivity index (χ4n) is 8.48. The average molecular weight is 668 g/mol. The number of aromatic nitrogens is 3. The predicted octanol–water partition coefficient (Wildman–Crippen LogP) is 11.5. The van der Waals surface area contributed by atoms with Gasteiger partial charge in [0.05, 0.1) is 16.4 Å². The summed E-state index contributed by atoms with van der Waals surface area (Å²) >= 11 is 0. The summed E-state index contributed by atoms with van der Waals surface area (Å²) in [7, 11) is 0. The van der Waals surface area contributed by atoms with Gasteiger partial charge in [-0.2, -0.15) is 0 Å². The van der Waals surface area contributed by atoms with Gasteiger partial charge in [-0.05, 0) is 65.2 Å². The van der Waals surface area contributed by atoms with Crippen LogP contribution in [0.5, 0.6) is 23.0 Å². The summed E-state index contributed by atoms with van der Waals surface area (Å²) < 4.78 is 16.0. The number of hydrogen-bond acceptors (Lipinski definition) is 4. The summed E-state index contributed by atoms with van der Waals surface area (Å²) in [6.07, 6.45) is 7.52. The lowest BCUT2D eigenvalue weighted by Gasteiger charge is -2.45. The zero-order valence-corrected chi connectivity index (χ0v) is 27.9. The molecule has 11 rings (SSSR count). The summed E-state index contributed by atoms with van der Waals surface area (Å²) in [5.41, 5.74) is 11.3. The van der Waals surface area contributed by atoms with Gasteiger partial charge in [0, 0.05) is 75.1 Å². The second-order valence-electron chi connectivity index (χ2n) is 13.4. The van der Waals surface area contributed by atoms with E-state index in [4.69, 9.17) is 9.47 Å². The number of para-hydroxylation sites is 3. The van der Waals surface area contributed by atoms with Crippen molar-refractivity contribution in [2.75, 3.05) is 0 Å². The van der Waals surface area contributed by atoms with E-state index < -0.39 is 5.41 Å². The van der Waals surface area contributed by atoms with Gasteiger partial charge in [-0.1, -0.05) is 97.1 Å². The number of fused-ring (bicyclic) bond motifs is 11. The number of benzene rings is 6. The first-order valence-corrected chi connectivity index (χ1v) is 17.5. The van der Waals surface area contributed by atoms with E-state index >= 15 is 0 Å². The summed E-state index contributed by atoms with van der Waals surface area (Å²) in [5.74, 6) is 3.30. The molecular formula is C47H29N3O2. The fraction of sp³-hybridized carbons (Fsp3) is 0.0213. The highest BCUT2D eigenvalue weighted by atomic mass is 16.5. The topological polar surface area (TPSA) is 49.2 Å². The highest BCUT2D eigenvalue weighted by Gasteiger charge is 2.50. The third kappa shape index (κ3) is 4.05. The largest absolute Gasteiger partial charge is 0.457 e. The summed E-state index contributed by atoms with van der Waals surface area (Å²) in [6, 6.07) is 53.4. The SMILES string of the molecule is c1cncc(-c2cccc(-c3ccc4c(c3)Oc3ccccc3C43c4ccccc4Oc4cc(-n5c6ccccc6c6cnccc65)ccc43)c2)c1. The van der Waals surface area contributed by atoms with Gasteiger partial charge in [-0.25, -0.2) is 0 Å². The molecule has 1 spiro atoms. The Labute approximate surface area is 300 Å². The number of nitrogens with zero attached hydrogens (tertiary/aromatic N) is 3. The molecular weight excluding hydrogens is 639 g/mol. The molecule has 0 bridgehead atoms. The summed E-state index contributed by atoms with van der Waals surface area (Å²) in [4.78, 5) is 8.80. The van der Waals surface area contributed by atoms with E-state index in [1.807, 2.05) is 36.8 Å². The van der Waals surface area contributed by atoms with E-state index in [-0.39, 0.29) is 0 Å². The van der Waals surface area contributed by atoms with Gasteiger partial charge in [0.25, 0.3) is 0 Å². The van der Waals surface area contributed by atoms with Crippen LogP contribution in [0.25, 0.3) is 49.7 Å². The molecule has 5 nitrogen and oxygen atoms in total. The number of pyridine rings is 2. The highest BCUT2D eigenvalue weighted by Crippen LogP contribution is 2.61. The molecule has 2 aliphatic rings. The van der Waals surface area contributed by atoms with Crippen molar-refractivity contribution in [3.8, 4) is 50.9 Å². The molecule has 1 atom stereocenters. The van der Waals surface area contributed by atoms with Crippen LogP contribution in [-0.2, 0) is 5.41 Å². The highest BCUT2D eigenvalue weighted by molar-refractivity contribution is 6.08. The van der Waals surface area contributed by atoms with Crippen LogP contribution in [0.2, 0.25) is 0 Å². The minimum absolute atomic E-state index is 0.687. The zero-order valence-electron chi connectivity index (χ0n) is 27.9. The van der Waals surface area contributed by atoms with Crippen LogP contribution in [0.3, 0.4) is 0 Å². The molecule has 1 unspecified atom stereocenters. The Hall–Kier alpha value is -6.98. The molecule has 0 amide bonds. The van der Waals surface area contributed by atoms with E-state index in [9.17, 15) is 0 Å². The molecule has 0 saturated heterocycles. The minimum Gasteiger partial charge on any atom is -0.457 e. The third-order valence-corrected chi connectivity index (χ3v) is 10.7. The maximum atomic E-state index is 6.87.